The summed E-state index contributed by atoms with van der Waals surface area (Å²) in [4.78, 5) is 0. The van der Waals surface area contributed by atoms with Crippen LogP contribution in [-0.2, 0) is 6.42 Å². The van der Waals surface area contributed by atoms with Gasteiger partial charge in [-0.05, 0) is 53.8 Å². The van der Waals surface area contributed by atoms with Gasteiger partial charge in [0.25, 0.3) is 0 Å². The van der Waals surface area contributed by atoms with Crippen molar-refractivity contribution in [3.8, 4) is 34.1 Å². The molecule has 182 valence electrons. The van der Waals surface area contributed by atoms with Gasteiger partial charge in [0.15, 0.2) is 29.1 Å². The number of unbranched alkanes of at least 4 members (excludes halogenated alkanes) is 2. The molecule has 0 radical (unpaired) electrons. The first-order valence-electron chi connectivity index (χ1n) is 11.7. The standard InChI is InChI=1S/C31H23F5/c1-2-3-4-5-20-8-12-23(13-9-20)25-16-17-26(30(35)29(25)34)24-14-10-21(11-15-24)6-7-22-18-27(32)31(36)28(33)19-22/h8-19H,2-5H2,1H3. The Kier molecular flexibility index (Phi) is 7.85. The molecule has 0 unspecified atom stereocenters. The summed E-state index contributed by atoms with van der Waals surface area (Å²) in [6.07, 6.45) is 4.36. The van der Waals surface area contributed by atoms with Crippen molar-refractivity contribution >= 4 is 0 Å². The highest BCUT2D eigenvalue weighted by Crippen LogP contribution is 2.32. The molecule has 0 heterocycles. The van der Waals surface area contributed by atoms with Gasteiger partial charge in [-0.3, -0.25) is 0 Å². The summed E-state index contributed by atoms with van der Waals surface area (Å²) < 4.78 is 69.7. The summed E-state index contributed by atoms with van der Waals surface area (Å²) in [6, 6.07) is 18.6. The van der Waals surface area contributed by atoms with E-state index in [1.165, 1.54) is 11.6 Å². The van der Waals surface area contributed by atoms with Crippen molar-refractivity contribution in [3.05, 3.63) is 119 Å². The molecule has 0 aliphatic rings. The molecule has 0 aliphatic heterocycles. The lowest BCUT2D eigenvalue weighted by Crippen LogP contribution is -1.94. The number of aryl methyl sites for hydroxylation is 1. The molecule has 4 rings (SSSR count). The molecule has 4 aromatic rings. The van der Waals surface area contributed by atoms with Gasteiger partial charge in [-0.2, -0.15) is 0 Å². The molecule has 0 amide bonds. The van der Waals surface area contributed by atoms with Crippen molar-refractivity contribution in [1.29, 1.82) is 0 Å². The molecular weight excluding hydrogens is 467 g/mol. The third-order valence-electron chi connectivity index (χ3n) is 5.95. The average molecular weight is 491 g/mol. The van der Waals surface area contributed by atoms with Crippen LogP contribution in [0.1, 0.15) is 42.9 Å². The smallest absolute Gasteiger partial charge is 0.194 e. The Morgan fingerprint density at radius 2 is 1.06 bits per heavy atom. The fraction of sp³-hybridized carbons (Fsp3) is 0.161. The Bertz CT molecular complexity index is 1400. The van der Waals surface area contributed by atoms with Gasteiger partial charge in [0.1, 0.15) is 0 Å². The van der Waals surface area contributed by atoms with Gasteiger partial charge in [-0.1, -0.05) is 80.1 Å². The lowest BCUT2D eigenvalue weighted by molar-refractivity contribution is 0.446. The van der Waals surface area contributed by atoms with Crippen molar-refractivity contribution in [2.45, 2.75) is 32.6 Å². The van der Waals surface area contributed by atoms with Crippen molar-refractivity contribution < 1.29 is 22.0 Å². The second kappa shape index (κ2) is 11.2. The van der Waals surface area contributed by atoms with E-state index in [2.05, 4.69) is 18.8 Å². The second-order valence-corrected chi connectivity index (χ2v) is 8.52. The van der Waals surface area contributed by atoms with E-state index in [4.69, 9.17) is 0 Å². The summed E-state index contributed by atoms with van der Waals surface area (Å²) in [5.41, 5.74) is 2.99. The molecule has 0 aromatic heterocycles. The molecule has 0 N–H and O–H groups in total. The molecule has 0 nitrogen and oxygen atoms in total. The van der Waals surface area contributed by atoms with Crippen LogP contribution in [0.25, 0.3) is 22.3 Å². The molecule has 5 heteroatoms. The fourth-order valence-corrected chi connectivity index (χ4v) is 3.93. The van der Waals surface area contributed by atoms with Gasteiger partial charge in [-0.25, -0.2) is 22.0 Å². The van der Waals surface area contributed by atoms with Crippen LogP contribution in [0.2, 0.25) is 0 Å². The van der Waals surface area contributed by atoms with Crippen LogP contribution >= 0.6 is 0 Å². The van der Waals surface area contributed by atoms with E-state index < -0.39 is 29.1 Å². The van der Waals surface area contributed by atoms with E-state index in [1.54, 1.807) is 30.3 Å². The van der Waals surface area contributed by atoms with Crippen LogP contribution < -0.4 is 0 Å². The van der Waals surface area contributed by atoms with E-state index in [0.29, 0.717) is 16.7 Å². The van der Waals surface area contributed by atoms with Crippen LogP contribution in [0, 0.1) is 40.9 Å². The first kappa shape index (κ1) is 25.2. The zero-order chi connectivity index (χ0) is 25.7. The maximum atomic E-state index is 15.0. The van der Waals surface area contributed by atoms with Gasteiger partial charge in [0, 0.05) is 22.3 Å². The Morgan fingerprint density at radius 1 is 0.556 bits per heavy atom. The third-order valence-corrected chi connectivity index (χ3v) is 5.95. The van der Waals surface area contributed by atoms with E-state index in [1.807, 2.05) is 24.3 Å². The molecule has 0 saturated carbocycles. The lowest BCUT2D eigenvalue weighted by Gasteiger charge is -2.10. The summed E-state index contributed by atoms with van der Waals surface area (Å²) in [5.74, 6) is -0.783. The Labute approximate surface area is 207 Å². The molecule has 0 atom stereocenters. The second-order valence-electron chi connectivity index (χ2n) is 8.52. The maximum Gasteiger partial charge on any atom is 0.194 e. The maximum absolute atomic E-state index is 15.0. The van der Waals surface area contributed by atoms with Crippen molar-refractivity contribution in [3.63, 3.8) is 0 Å². The van der Waals surface area contributed by atoms with E-state index >= 15 is 0 Å². The molecular formula is C31H23F5. The summed E-state index contributed by atoms with van der Waals surface area (Å²) in [6.45, 7) is 2.15. The first-order chi connectivity index (χ1) is 17.4. The molecule has 0 fully saturated rings. The third kappa shape index (κ3) is 5.66. The molecule has 0 spiro atoms. The minimum absolute atomic E-state index is 0.0202. The monoisotopic (exact) mass is 490 g/mol. The van der Waals surface area contributed by atoms with Crippen LogP contribution in [-0.4, -0.2) is 0 Å². The predicted octanol–water partition coefficient (Wildman–Crippen LogP) is 8.85. The van der Waals surface area contributed by atoms with E-state index in [-0.39, 0.29) is 16.7 Å². The van der Waals surface area contributed by atoms with E-state index in [0.717, 1.165) is 37.8 Å². The number of benzene rings is 4. The van der Waals surface area contributed by atoms with Gasteiger partial charge in [-0.15, -0.1) is 0 Å². The molecule has 4 aromatic carbocycles. The highest BCUT2D eigenvalue weighted by Gasteiger charge is 2.16. The molecule has 36 heavy (non-hydrogen) atoms. The SMILES string of the molecule is CCCCCc1ccc(-c2ccc(-c3ccc(C#Cc4cc(F)c(F)c(F)c4)cc3)c(F)c2F)cc1. The summed E-state index contributed by atoms with van der Waals surface area (Å²) in [7, 11) is 0. The topological polar surface area (TPSA) is 0 Å². The van der Waals surface area contributed by atoms with Crippen molar-refractivity contribution in [1.82, 2.24) is 0 Å². The number of hydrogen-bond donors (Lipinski definition) is 0. The van der Waals surface area contributed by atoms with Crippen molar-refractivity contribution in [2.24, 2.45) is 0 Å². The van der Waals surface area contributed by atoms with Crippen molar-refractivity contribution in [2.75, 3.05) is 0 Å². The highest BCUT2D eigenvalue weighted by molar-refractivity contribution is 5.72. The van der Waals surface area contributed by atoms with Crippen LogP contribution in [0.5, 0.6) is 0 Å². The average Bonchev–Trinajstić information content (AvgIpc) is 2.88. The lowest BCUT2D eigenvalue weighted by atomic mass is 9.97. The number of halogens is 5. The number of rotatable bonds is 6. The minimum Gasteiger partial charge on any atom is -0.204 e. The number of hydrogen-bond acceptors (Lipinski definition) is 0. The minimum atomic E-state index is -1.55. The van der Waals surface area contributed by atoms with Gasteiger partial charge >= 0.3 is 0 Å². The van der Waals surface area contributed by atoms with Gasteiger partial charge in [0.2, 0.25) is 0 Å². The Balaban J connectivity index is 1.53. The fourth-order valence-electron chi connectivity index (χ4n) is 3.93. The molecule has 0 saturated heterocycles. The largest absolute Gasteiger partial charge is 0.204 e. The van der Waals surface area contributed by atoms with Crippen LogP contribution in [0.15, 0.2) is 72.8 Å². The normalized spacial score (nSPS) is 10.7. The molecule has 0 aliphatic carbocycles. The Hall–Kier alpha value is -3.91. The first-order valence-corrected chi connectivity index (χ1v) is 11.7. The Morgan fingerprint density at radius 3 is 1.58 bits per heavy atom. The molecule has 0 bridgehead atoms. The zero-order valence-corrected chi connectivity index (χ0v) is 19.6. The summed E-state index contributed by atoms with van der Waals surface area (Å²) >= 11 is 0. The van der Waals surface area contributed by atoms with Gasteiger partial charge < -0.3 is 0 Å². The van der Waals surface area contributed by atoms with E-state index in [9.17, 15) is 22.0 Å². The zero-order valence-electron chi connectivity index (χ0n) is 19.6. The van der Waals surface area contributed by atoms with Gasteiger partial charge in [0.05, 0.1) is 0 Å². The van der Waals surface area contributed by atoms with Crippen LogP contribution in [0.4, 0.5) is 22.0 Å². The quantitative estimate of drug-likeness (QED) is 0.110. The predicted molar refractivity (Wildman–Crippen MR) is 133 cm³/mol. The van der Waals surface area contributed by atoms with Crippen LogP contribution in [0.3, 0.4) is 0 Å². The highest BCUT2D eigenvalue weighted by atomic mass is 19.2. The summed E-state index contributed by atoms with van der Waals surface area (Å²) in [5, 5.41) is 0.